The minimum Gasteiger partial charge on any atom is -0.488 e. The minimum atomic E-state index is -0.830. The summed E-state index contributed by atoms with van der Waals surface area (Å²) in [7, 11) is 4.09. The molecule has 4 nitrogen and oxygen atoms in total. The zero-order chi connectivity index (χ0) is 18.0. The van der Waals surface area contributed by atoms with Crippen molar-refractivity contribution >= 4 is 11.5 Å². The Morgan fingerprint density at radius 3 is 2.60 bits per heavy atom. The maximum atomic E-state index is 11.1. The normalized spacial score (nSPS) is 14.7. The molecule has 0 atom stereocenters. The number of rotatable bonds is 4. The highest BCUT2D eigenvalue weighted by atomic mass is 16.5. The van der Waals surface area contributed by atoms with Crippen LogP contribution in [-0.4, -0.2) is 30.1 Å². The van der Waals surface area contributed by atoms with Crippen molar-refractivity contribution in [3.8, 4) is 5.75 Å². The van der Waals surface area contributed by atoms with E-state index in [1.807, 2.05) is 44.4 Å². The molecule has 0 spiro atoms. The van der Waals surface area contributed by atoms with Gasteiger partial charge in [0.15, 0.2) is 0 Å². The Hall–Kier alpha value is -2.75. The second kappa shape index (κ2) is 7.01. The molecule has 1 N–H and O–H groups in total. The maximum absolute atomic E-state index is 11.1. The van der Waals surface area contributed by atoms with E-state index >= 15 is 0 Å². The molecule has 1 heterocycles. The molecule has 0 saturated heterocycles. The fourth-order valence-electron chi connectivity index (χ4n) is 3.40. The van der Waals surface area contributed by atoms with E-state index in [1.54, 1.807) is 0 Å². The first-order valence-electron chi connectivity index (χ1n) is 8.48. The lowest BCUT2D eigenvalue weighted by atomic mass is 9.90. The van der Waals surface area contributed by atoms with Gasteiger partial charge in [0.1, 0.15) is 12.4 Å². The van der Waals surface area contributed by atoms with Crippen LogP contribution in [0.1, 0.15) is 35.6 Å². The van der Waals surface area contributed by atoms with Gasteiger partial charge in [0.05, 0.1) is 6.42 Å². The van der Waals surface area contributed by atoms with E-state index < -0.39 is 5.97 Å². The number of nitrogens with zero attached hydrogens (tertiary/aromatic N) is 1. The van der Waals surface area contributed by atoms with E-state index in [1.165, 1.54) is 5.70 Å². The van der Waals surface area contributed by atoms with Gasteiger partial charge in [0.2, 0.25) is 0 Å². The molecule has 0 unspecified atom stereocenters. The number of allylic oxidation sites excluding steroid dienone is 1. The Morgan fingerprint density at radius 2 is 1.92 bits per heavy atom. The summed E-state index contributed by atoms with van der Waals surface area (Å²) in [5.74, 6) is -0.0307. The lowest BCUT2D eigenvalue weighted by Crippen LogP contribution is -2.13. The average Bonchev–Trinajstić information content (AvgIpc) is 2.72. The molecule has 4 heteroatoms. The van der Waals surface area contributed by atoms with Crippen molar-refractivity contribution in [2.24, 2.45) is 0 Å². The van der Waals surface area contributed by atoms with Gasteiger partial charge in [-0.15, -0.1) is 0 Å². The number of aliphatic carboxylic acids is 1. The molecule has 130 valence electrons. The summed E-state index contributed by atoms with van der Waals surface area (Å²) in [6.45, 7) is 2.65. The lowest BCUT2D eigenvalue weighted by molar-refractivity contribution is -0.136. The molecule has 0 bridgehead atoms. The molecular formula is C21H23NO3. The molecular weight excluding hydrogens is 314 g/mol. The zero-order valence-corrected chi connectivity index (χ0v) is 14.9. The number of benzene rings is 2. The van der Waals surface area contributed by atoms with E-state index in [9.17, 15) is 4.79 Å². The SMILES string of the molecule is CC/C(=C1/c2ccccc2COc2ccc(CC(=O)O)cc21)N(C)C. The van der Waals surface area contributed by atoms with Crippen molar-refractivity contribution in [2.45, 2.75) is 26.4 Å². The third-order valence-electron chi connectivity index (χ3n) is 4.50. The van der Waals surface area contributed by atoms with E-state index in [0.29, 0.717) is 6.61 Å². The molecule has 0 aliphatic carbocycles. The first kappa shape index (κ1) is 17.1. The molecule has 1 aliphatic heterocycles. The topological polar surface area (TPSA) is 49.8 Å². The Labute approximate surface area is 148 Å². The van der Waals surface area contributed by atoms with Gasteiger partial charge < -0.3 is 14.7 Å². The highest BCUT2D eigenvalue weighted by molar-refractivity contribution is 5.87. The van der Waals surface area contributed by atoms with Crippen LogP contribution < -0.4 is 4.74 Å². The van der Waals surface area contributed by atoms with Gasteiger partial charge in [-0.05, 0) is 35.2 Å². The Bertz CT molecular complexity index is 837. The molecule has 2 aromatic carbocycles. The fraction of sp³-hybridized carbons (Fsp3) is 0.286. The van der Waals surface area contributed by atoms with Crippen molar-refractivity contribution < 1.29 is 14.6 Å². The summed E-state index contributed by atoms with van der Waals surface area (Å²) in [5.41, 5.74) is 6.37. The molecule has 0 amide bonds. The number of carboxylic acids is 1. The first-order chi connectivity index (χ1) is 12.0. The van der Waals surface area contributed by atoms with E-state index in [2.05, 4.69) is 24.0 Å². The largest absolute Gasteiger partial charge is 0.488 e. The maximum Gasteiger partial charge on any atom is 0.307 e. The van der Waals surface area contributed by atoms with Crippen LogP contribution in [0.4, 0.5) is 0 Å². The molecule has 0 aromatic heterocycles. The van der Waals surface area contributed by atoms with Crippen molar-refractivity contribution in [3.05, 3.63) is 70.4 Å². The molecule has 0 saturated carbocycles. The monoisotopic (exact) mass is 337 g/mol. The third kappa shape index (κ3) is 3.38. The lowest BCUT2D eigenvalue weighted by Gasteiger charge is -2.23. The van der Waals surface area contributed by atoms with E-state index in [4.69, 9.17) is 9.84 Å². The van der Waals surface area contributed by atoms with Crippen LogP contribution in [-0.2, 0) is 17.8 Å². The summed E-state index contributed by atoms with van der Waals surface area (Å²) in [4.78, 5) is 13.3. The second-order valence-electron chi connectivity index (χ2n) is 6.42. The van der Waals surface area contributed by atoms with Gasteiger partial charge in [-0.25, -0.2) is 0 Å². The van der Waals surface area contributed by atoms with Gasteiger partial charge in [-0.2, -0.15) is 0 Å². The fourth-order valence-corrected chi connectivity index (χ4v) is 3.40. The zero-order valence-electron chi connectivity index (χ0n) is 14.9. The molecule has 3 rings (SSSR count). The van der Waals surface area contributed by atoms with Gasteiger partial charge in [-0.3, -0.25) is 4.79 Å². The summed E-state index contributed by atoms with van der Waals surface area (Å²) >= 11 is 0. The van der Waals surface area contributed by atoms with Crippen molar-refractivity contribution in [1.82, 2.24) is 4.90 Å². The van der Waals surface area contributed by atoms with Crippen molar-refractivity contribution in [3.63, 3.8) is 0 Å². The summed E-state index contributed by atoms with van der Waals surface area (Å²) in [5, 5.41) is 9.14. The number of ether oxygens (including phenoxy) is 1. The Morgan fingerprint density at radius 1 is 1.16 bits per heavy atom. The molecule has 1 aliphatic rings. The van der Waals surface area contributed by atoms with Crippen LogP contribution in [0.25, 0.3) is 5.57 Å². The summed E-state index contributed by atoms with van der Waals surface area (Å²) in [6.07, 6.45) is 0.880. The average molecular weight is 337 g/mol. The van der Waals surface area contributed by atoms with Crippen LogP contribution in [0.2, 0.25) is 0 Å². The Balaban J connectivity index is 2.29. The second-order valence-corrected chi connectivity index (χ2v) is 6.42. The minimum absolute atomic E-state index is 0.00558. The number of carboxylic acid groups (broad SMARTS) is 1. The van der Waals surface area contributed by atoms with Crippen molar-refractivity contribution in [1.29, 1.82) is 0 Å². The predicted octanol–water partition coefficient (Wildman–Crippen LogP) is 3.94. The van der Waals surface area contributed by atoms with Gasteiger partial charge in [0, 0.05) is 30.9 Å². The van der Waals surface area contributed by atoms with Gasteiger partial charge >= 0.3 is 5.97 Å². The van der Waals surface area contributed by atoms with Crippen LogP contribution >= 0.6 is 0 Å². The summed E-state index contributed by atoms with van der Waals surface area (Å²) < 4.78 is 6.04. The number of fused-ring (bicyclic) bond motifs is 2. The quantitative estimate of drug-likeness (QED) is 0.918. The predicted molar refractivity (Wildman–Crippen MR) is 98.6 cm³/mol. The summed E-state index contributed by atoms with van der Waals surface area (Å²) in [6, 6.07) is 13.9. The number of hydrogen-bond acceptors (Lipinski definition) is 3. The van der Waals surface area contributed by atoms with E-state index in [-0.39, 0.29) is 6.42 Å². The van der Waals surface area contributed by atoms with Crippen LogP contribution in [0, 0.1) is 0 Å². The van der Waals surface area contributed by atoms with Crippen molar-refractivity contribution in [2.75, 3.05) is 14.1 Å². The smallest absolute Gasteiger partial charge is 0.307 e. The number of hydrogen-bond donors (Lipinski definition) is 1. The van der Waals surface area contributed by atoms with Gasteiger partial charge in [0.25, 0.3) is 0 Å². The van der Waals surface area contributed by atoms with Crippen LogP contribution in [0.5, 0.6) is 5.75 Å². The standard InChI is InChI=1S/C21H23NO3/c1-4-18(22(2)3)21-16-8-6-5-7-15(16)13-25-19-10-9-14(11-17(19)21)12-20(23)24/h5-11H,4,12-13H2,1-3H3,(H,23,24)/b21-18+. The first-order valence-corrected chi connectivity index (χ1v) is 8.48. The molecule has 0 fully saturated rings. The van der Waals surface area contributed by atoms with E-state index in [0.717, 1.165) is 40.0 Å². The highest BCUT2D eigenvalue weighted by Gasteiger charge is 2.23. The van der Waals surface area contributed by atoms with Crippen LogP contribution in [0.15, 0.2) is 48.2 Å². The number of carbonyl (C=O) groups is 1. The van der Waals surface area contributed by atoms with Gasteiger partial charge in [-0.1, -0.05) is 37.3 Å². The molecule has 2 aromatic rings. The highest BCUT2D eigenvalue weighted by Crippen LogP contribution is 2.40. The molecule has 0 radical (unpaired) electrons. The third-order valence-corrected chi connectivity index (χ3v) is 4.50. The molecule has 25 heavy (non-hydrogen) atoms. The Kier molecular flexibility index (Phi) is 4.79. The van der Waals surface area contributed by atoms with Crippen LogP contribution in [0.3, 0.4) is 0 Å².